The van der Waals surface area contributed by atoms with Crippen molar-refractivity contribution in [1.29, 1.82) is 5.26 Å². The molecule has 0 heterocycles. The molecule has 110 valence electrons. The molecule has 0 spiro atoms. The van der Waals surface area contributed by atoms with Crippen molar-refractivity contribution < 1.29 is 13.5 Å². The van der Waals surface area contributed by atoms with Crippen LogP contribution in [-0.4, -0.2) is 37.7 Å². The summed E-state index contributed by atoms with van der Waals surface area (Å²) in [7, 11) is -3.84. The highest BCUT2D eigenvalue weighted by atomic mass is 32.2. The average Bonchev–Trinajstić information content (AvgIpc) is 2.38. The van der Waals surface area contributed by atoms with Gasteiger partial charge in [-0.25, -0.2) is 13.1 Å². The van der Waals surface area contributed by atoms with Gasteiger partial charge >= 0.3 is 0 Å². The quantitative estimate of drug-likeness (QED) is 0.659. The number of rotatable bonds is 6. The molecule has 0 saturated carbocycles. The van der Waals surface area contributed by atoms with E-state index in [9.17, 15) is 13.5 Å². The Labute approximate surface area is 123 Å². The number of nitrogens with one attached hydrogen (secondary N) is 1. The van der Waals surface area contributed by atoms with Gasteiger partial charge < -0.3 is 10.8 Å². The number of nitriles is 1. The fourth-order valence-electron chi connectivity index (χ4n) is 1.69. The fraction of sp³-hybridized carbons (Fsp3) is 0.417. The first-order valence-corrected chi connectivity index (χ1v) is 8.58. The second kappa shape index (κ2) is 6.95. The van der Waals surface area contributed by atoms with Gasteiger partial charge in [0.25, 0.3) is 0 Å². The van der Waals surface area contributed by atoms with Crippen LogP contribution in [-0.2, 0) is 10.0 Å². The van der Waals surface area contributed by atoms with Crippen molar-refractivity contribution in [3.05, 3.63) is 23.8 Å². The van der Waals surface area contributed by atoms with Crippen molar-refractivity contribution >= 4 is 27.5 Å². The summed E-state index contributed by atoms with van der Waals surface area (Å²) in [6, 6.07) is 5.40. The van der Waals surface area contributed by atoms with E-state index in [1.54, 1.807) is 13.2 Å². The van der Waals surface area contributed by atoms with E-state index in [0.717, 1.165) is 0 Å². The first-order chi connectivity index (χ1) is 9.35. The highest BCUT2D eigenvalue weighted by molar-refractivity contribution is 7.99. The lowest BCUT2D eigenvalue weighted by molar-refractivity contribution is 0.282. The van der Waals surface area contributed by atoms with Crippen LogP contribution in [0.25, 0.3) is 0 Å². The van der Waals surface area contributed by atoms with E-state index in [2.05, 4.69) is 4.72 Å². The average molecular weight is 315 g/mol. The Morgan fingerprint density at radius 3 is 2.70 bits per heavy atom. The van der Waals surface area contributed by atoms with Gasteiger partial charge in [0, 0.05) is 17.0 Å². The maximum atomic E-state index is 12.3. The van der Waals surface area contributed by atoms with E-state index in [0.29, 0.717) is 5.69 Å². The number of aliphatic hydroxyl groups excluding tert-OH is 1. The summed E-state index contributed by atoms with van der Waals surface area (Å²) in [6.45, 7) is 1.52. The Kier molecular flexibility index (Phi) is 5.83. The molecule has 20 heavy (non-hydrogen) atoms. The zero-order valence-corrected chi connectivity index (χ0v) is 12.8. The van der Waals surface area contributed by atoms with Gasteiger partial charge in [0.1, 0.15) is 6.07 Å². The van der Waals surface area contributed by atoms with Crippen molar-refractivity contribution in [3.63, 3.8) is 0 Å². The Morgan fingerprint density at radius 2 is 2.20 bits per heavy atom. The SMILES string of the molecule is CSC(CO)C(C)NS(=O)(=O)c1ccc(N)cc1C#N. The van der Waals surface area contributed by atoms with Gasteiger partial charge in [0.2, 0.25) is 10.0 Å². The number of aliphatic hydroxyl groups is 1. The van der Waals surface area contributed by atoms with Crippen molar-refractivity contribution in [2.75, 3.05) is 18.6 Å². The molecule has 0 saturated heterocycles. The van der Waals surface area contributed by atoms with E-state index in [1.807, 2.05) is 6.07 Å². The number of nitrogens with two attached hydrogens (primary N) is 1. The van der Waals surface area contributed by atoms with Gasteiger partial charge in [-0.2, -0.15) is 17.0 Å². The summed E-state index contributed by atoms with van der Waals surface area (Å²) in [4.78, 5) is -0.112. The molecule has 0 fully saturated rings. The maximum absolute atomic E-state index is 12.3. The summed E-state index contributed by atoms with van der Waals surface area (Å²) < 4.78 is 27.0. The summed E-state index contributed by atoms with van der Waals surface area (Å²) >= 11 is 1.36. The van der Waals surface area contributed by atoms with E-state index in [1.165, 1.54) is 30.0 Å². The molecule has 1 aromatic carbocycles. The normalized spacial score (nSPS) is 14.5. The molecule has 0 aliphatic carbocycles. The van der Waals surface area contributed by atoms with Crippen LogP contribution in [0, 0.1) is 11.3 Å². The molecule has 0 aliphatic rings. The number of thioether (sulfide) groups is 1. The van der Waals surface area contributed by atoms with Gasteiger partial charge in [-0.1, -0.05) is 0 Å². The third kappa shape index (κ3) is 3.86. The molecular formula is C12H17N3O3S2. The largest absolute Gasteiger partial charge is 0.399 e. The maximum Gasteiger partial charge on any atom is 0.242 e. The molecule has 2 atom stereocenters. The summed E-state index contributed by atoms with van der Waals surface area (Å²) in [5.74, 6) is 0. The van der Waals surface area contributed by atoms with Gasteiger partial charge in [-0.05, 0) is 31.4 Å². The minimum Gasteiger partial charge on any atom is -0.399 e. The first kappa shape index (κ1) is 16.8. The Hall–Kier alpha value is -1.27. The van der Waals surface area contributed by atoms with Crippen molar-refractivity contribution in [2.24, 2.45) is 0 Å². The number of sulfonamides is 1. The van der Waals surface area contributed by atoms with Crippen molar-refractivity contribution in [2.45, 2.75) is 23.1 Å². The number of nitrogens with zero attached hydrogens (tertiary/aromatic N) is 1. The lowest BCUT2D eigenvalue weighted by Crippen LogP contribution is -2.41. The number of hydrogen-bond donors (Lipinski definition) is 3. The van der Waals surface area contributed by atoms with Gasteiger partial charge in [-0.3, -0.25) is 0 Å². The van der Waals surface area contributed by atoms with E-state index in [-0.39, 0.29) is 22.3 Å². The molecule has 0 aromatic heterocycles. The first-order valence-electron chi connectivity index (χ1n) is 5.81. The lowest BCUT2D eigenvalue weighted by atomic mass is 10.2. The third-order valence-electron chi connectivity index (χ3n) is 2.80. The molecule has 4 N–H and O–H groups in total. The minimum atomic E-state index is -3.84. The Morgan fingerprint density at radius 1 is 1.55 bits per heavy atom. The smallest absolute Gasteiger partial charge is 0.242 e. The monoisotopic (exact) mass is 315 g/mol. The highest BCUT2D eigenvalue weighted by Gasteiger charge is 2.25. The molecule has 8 heteroatoms. The molecule has 0 radical (unpaired) electrons. The minimum absolute atomic E-state index is 0.00519. The Balaban J connectivity index is 3.09. The second-order valence-corrected chi connectivity index (χ2v) is 6.99. The molecule has 1 rings (SSSR count). The van der Waals surface area contributed by atoms with E-state index < -0.39 is 16.1 Å². The standard InChI is InChI=1S/C12H17N3O3S2/c1-8(11(7-16)19-2)15-20(17,18)12-4-3-10(14)5-9(12)6-13/h3-5,8,11,15-16H,7,14H2,1-2H3. The van der Waals surface area contributed by atoms with Crippen molar-refractivity contribution in [1.82, 2.24) is 4.72 Å². The Bertz CT molecular complexity index is 607. The predicted octanol–water partition coefficient (Wildman–Crippen LogP) is 0.531. The molecule has 0 amide bonds. The molecule has 0 bridgehead atoms. The lowest BCUT2D eigenvalue weighted by Gasteiger charge is -2.21. The van der Waals surface area contributed by atoms with E-state index >= 15 is 0 Å². The summed E-state index contributed by atoms with van der Waals surface area (Å²) in [5, 5.41) is 17.9. The van der Waals surface area contributed by atoms with Crippen LogP contribution in [0.4, 0.5) is 5.69 Å². The third-order valence-corrected chi connectivity index (χ3v) is 5.57. The summed E-state index contributed by atoms with van der Waals surface area (Å²) in [5.41, 5.74) is 5.86. The van der Waals surface area contributed by atoms with Crippen LogP contribution >= 0.6 is 11.8 Å². The number of nitrogen functional groups attached to an aromatic ring is 1. The molecule has 2 unspecified atom stereocenters. The molecule has 0 aliphatic heterocycles. The number of benzene rings is 1. The highest BCUT2D eigenvalue weighted by Crippen LogP contribution is 2.20. The van der Waals surface area contributed by atoms with Crippen LogP contribution in [0.5, 0.6) is 0 Å². The predicted molar refractivity (Wildman–Crippen MR) is 79.7 cm³/mol. The number of hydrogen-bond acceptors (Lipinski definition) is 6. The molecular weight excluding hydrogens is 298 g/mol. The van der Waals surface area contributed by atoms with Crippen LogP contribution in [0.15, 0.2) is 23.1 Å². The van der Waals surface area contributed by atoms with Crippen LogP contribution in [0.3, 0.4) is 0 Å². The zero-order chi connectivity index (χ0) is 15.3. The topological polar surface area (TPSA) is 116 Å². The van der Waals surface area contributed by atoms with Crippen LogP contribution < -0.4 is 10.5 Å². The van der Waals surface area contributed by atoms with Gasteiger partial charge in [-0.15, -0.1) is 0 Å². The van der Waals surface area contributed by atoms with E-state index in [4.69, 9.17) is 11.0 Å². The summed E-state index contributed by atoms with van der Waals surface area (Å²) in [6.07, 6.45) is 1.79. The second-order valence-electron chi connectivity index (χ2n) is 4.23. The van der Waals surface area contributed by atoms with Gasteiger partial charge in [0.05, 0.1) is 17.1 Å². The van der Waals surface area contributed by atoms with Crippen molar-refractivity contribution in [3.8, 4) is 6.07 Å². The molecule has 6 nitrogen and oxygen atoms in total. The fourth-order valence-corrected chi connectivity index (χ4v) is 3.82. The number of anilines is 1. The van der Waals surface area contributed by atoms with Gasteiger partial charge in [0.15, 0.2) is 0 Å². The zero-order valence-electron chi connectivity index (χ0n) is 11.2. The van der Waals surface area contributed by atoms with Crippen LogP contribution in [0.2, 0.25) is 0 Å². The molecule has 1 aromatic rings. The van der Waals surface area contributed by atoms with Crippen LogP contribution in [0.1, 0.15) is 12.5 Å².